The Labute approximate surface area is 353 Å². The zero-order valence-electron chi connectivity index (χ0n) is 36.9. The summed E-state index contributed by atoms with van der Waals surface area (Å²) in [5.41, 5.74) is 0.973. The molecule has 1 aliphatic heterocycles. The highest BCUT2D eigenvalue weighted by Gasteiger charge is 2.49. The standard InChI is InChI=1S/C52H80O6/c1-5-7-9-11-12-13-14-15-16-17-18-19-20-28-34-49(57-50(53)45-37-38-55-41-45)58-52(46-30-24-21-25-31-46,47-32-26-22-27-33-47)51(54)56-48-39-42(3)35-36-44(40-48)43(4)29-23-10-8-6-2/h21-22,24-27,30-33,42,44-45,48-49H,4-20,23,28-29,34-41H2,1-3H3. The Morgan fingerprint density at radius 1 is 0.690 bits per heavy atom. The molecule has 0 radical (unpaired) electrons. The van der Waals surface area contributed by atoms with Crippen molar-refractivity contribution in [1.82, 2.24) is 0 Å². The molecule has 2 aliphatic rings. The van der Waals surface area contributed by atoms with Crippen LogP contribution in [0.4, 0.5) is 0 Å². The molecule has 4 rings (SSSR count). The highest BCUT2D eigenvalue weighted by molar-refractivity contribution is 5.86. The number of rotatable bonds is 29. The molecular weight excluding hydrogens is 721 g/mol. The van der Waals surface area contributed by atoms with Crippen LogP contribution in [0.2, 0.25) is 0 Å². The van der Waals surface area contributed by atoms with Gasteiger partial charge in [0.15, 0.2) is 0 Å². The van der Waals surface area contributed by atoms with Crippen molar-refractivity contribution in [3.05, 3.63) is 83.9 Å². The van der Waals surface area contributed by atoms with E-state index in [1.165, 1.54) is 95.5 Å². The second kappa shape index (κ2) is 27.7. The maximum atomic E-state index is 15.2. The molecule has 0 aromatic heterocycles. The normalized spacial score (nSPS) is 20.3. The minimum atomic E-state index is -1.64. The smallest absolute Gasteiger partial charge is 0.348 e. The average molecular weight is 801 g/mol. The van der Waals surface area contributed by atoms with Crippen molar-refractivity contribution in [3.63, 3.8) is 0 Å². The first-order chi connectivity index (χ1) is 28.4. The maximum absolute atomic E-state index is 15.2. The molecule has 2 fully saturated rings. The molecule has 1 saturated heterocycles. The van der Waals surface area contributed by atoms with E-state index in [1.54, 1.807) is 0 Å². The van der Waals surface area contributed by atoms with Gasteiger partial charge >= 0.3 is 11.9 Å². The fourth-order valence-electron chi connectivity index (χ4n) is 8.99. The molecule has 0 bridgehead atoms. The first-order valence-corrected chi connectivity index (χ1v) is 23.8. The summed E-state index contributed by atoms with van der Waals surface area (Å²) in [7, 11) is 0. The third-order valence-corrected chi connectivity index (χ3v) is 12.7. The minimum Gasteiger partial charge on any atom is -0.460 e. The van der Waals surface area contributed by atoms with Gasteiger partial charge in [0.05, 0.1) is 12.5 Å². The highest BCUT2D eigenvalue weighted by Crippen LogP contribution is 2.41. The molecule has 6 nitrogen and oxygen atoms in total. The SMILES string of the molecule is C=C(CCCCCC)C1CCC(C)CC(OC(=O)C(OC(CCCCCCCCCCCCCCCC)OC(=O)C2CCOC2)(c2ccccc2)c2ccccc2)C1. The third-order valence-electron chi connectivity index (χ3n) is 12.7. The van der Waals surface area contributed by atoms with E-state index < -0.39 is 17.9 Å². The van der Waals surface area contributed by atoms with E-state index in [4.69, 9.17) is 18.9 Å². The summed E-state index contributed by atoms with van der Waals surface area (Å²) in [5.74, 6) is -0.383. The van der Waals surface area contributed by atoms with E-state index in [0.29, 0.717) is 49.0 Å². The molecule has 0 N–H and O–H groups in total. The first-order valence-electron chi connectivity index (χ1n) is 23.8. The maximum Gasteiger partial charge on any atom is 0.348 e. The topological polar surface area (TPSA) is 71.1 Å². The van der Waals surface area contributed by atoms with Gasteiger partial charge in [-0.3, -0.25) is 4.79 Å². The fourth-order valence-corrected chi connectivity index (χ4v) is 8.99. The molecule has 58 heavy (non-hydrogen) atoms. The molecule has 6 heteroatoms. The van der Waals surface area contributed by atoms with Crippen LogP contribution in [-0.2, 0) is 34.1 Å². The number of carbonyl (C=O) groups excluding carboxylic acids is 2. The number of allylic oxidation sites excluding steroid dienone is 1. The number of hydrogen-bond acceptors (Lipinski definition) is 6. The lowest BCUT2D eigenvalue weighted by Gasteiger charge is -2.37. The van der Waals surface area contributed by atoms with Gasteiger partial charge in [-0.05, 0) is 67.9 Å². The van der Waals surface area contributed by atoms with E-state index in [0.717, 1.165) is 57.8 Å². The van der Waals surface area contributed by atoms with Crippen molar-refractivity contribution in [1.29, 1.82) is 0 Å². The van der Waals surface area contributed by atoms with Crippen molar-refractivity contribution in [3.8, 4) is 0 Å². The van der Waals surface area contributed by atoms with Crippen molar-refractivity contribution in [2.75, 3.05) is 13.2 Å². The van der Waals surface area contributed by atoms with E-state index in [-0.39, 0.29) is 18.0 Å². The van der Waals surface area contributed by atoms with Crippen LogP contribution in [0.3, 0.4) is 0 Å². The van der Waals surface area contributed by atoms with Gasteiger partial charge in [0, 0.05) is 13.0 Å². The zero-order chi connectivity index (χ0) is 41.3. The molecule has 5 unspecified atom stereocenters. The monoisotopic (exact) mass is 801 g/mol. The molecule has 324 valence electrons. The minimum absolute atomic E-state index is 0.278. The van der Waals surface area contributed by atoms with Crippen LogP contribution in [0.25, 0.3) is 0 Å². The second-order valence-corrected chi connectivity index (χ2v) is 17.7. The highest BCUT2D eigenvalue weighted by atomic mass is 16.7. The zero-order valence-corrected chi connectivity index (χ0v) is 36.9. The summed E-state index contributed by atoms with van der Waals surface area (Å²) in [4.78, 5) is 28.9. The van der Waals surface area contributed by atoms with Crippen LogP contribution in [0.5, 0.6) is 0 Å². The van der Waals surface area contributed by atoms with Gasteiger partial charge in [0.25, 0.3) is 0 Å². The van der Waals surface area contributed by atoms with E-state index >= 15 is 4.79 Å². The van der Waals surface area contributed by atoms with Crippen molar-refractivity contribution >= 4 is 11.9 Å². The van der Waals surface area contributed by atoms with Crippen LogP contribution >= 0.6 is 0 Å². The third kappa shape index (κ3) is 16.2. The van der Waals surface area contributed by atoms with Gasteiger partial charge in [-0.15, -0.1) is 0 Å². The van der Waals surface area contributed by atoms with Crippen molar-refractivity contribution in [2.24, 2.45) is 17.8 Å². The number of carbonyl (C=O) groups is 2. The van der Waals surface area contributed by atoms with Gasteiger partial charge in [0.2, 0.25) is 11.9 Å². The van der Waals surface area contributed by atoms with Gasteiger partial charge in [-0.25, -0.2) is 4.79 Å². The number of hydrogen-bond donors (Lipinski definition) is 0. The Hall–Kier alpha value is -2.96. The van der Waals surface area contributed by atoms with Gasteiger partial charge in [-0.1, -0.05) is 203 Å². The van der Waals surface area contributed by atoms with Crippen LogP contribution < -0.4 is 0 Å². The second-order valence-electron chi connectivity index (χ2n) is 17.7. The van der Waals surface area contributed by atoms with Gasteiger partial charge < -0.3 is 18.9 Å². The lowest BCUT2D eigenvalue weighted by molar-refractivity contribution is -0.225. The van der Waals surface area contributed by atoms with Crippen molar-refractivity contribution < 1.29 is 28.5 Å². The van der Waals surface area contributed by atoms with Crippen LogP contribution in [-0.4, -0.2) is 37.5 Å². The number of esters is 2. The molecule has 5 atom stereocenters. The van der Waals surface area contributed by atoms with E-state index in [2.05, 4.69) is 27.4 Å². The average Bonchev–Trinajstić information content (AvgIpc) is 3.72. The molecule has 1 aliphatic carbocycles. The molecule has 2 aromatic rings. The molecule has 0 spiro atoms. The summed E-state index contributed by atoms with van der Waals surface area (Å²) >= 11 is 0. The van der Waals surface area contributed by atoms with E-state index in [1.807, 2.05) is 60.7 Å². The number of benzene rings is 2. The van der Waals surface area contributed by atoms with Crippen molar-refractivity contribution in [2.45, 2.75) is 199 Å². The van der Waals surface area contributed by atoms with Crippen LogP contribution in [0, 0.1) is 17.8 Å². The van der Waals surface area contributed by atoms with Gasteiger partial charge in [0.1, 0.15) is 6.10 Å². The molecule has 1 heterocycles. The first kappa shape index (κ1) is 47.7. The quantitative estimate of drug-likeness (QED) is 0.0268. The number of ether oxygens (including phenoxy) is 4. The summed E-state index contributed by atoms with van der Waals surface area (Å²) in [6.07, 6.45) is 27.1. The Morgan fingerprint density at radius 3 is 1.76 bits per heavy atom. The molecule has 2 aromatic carbocycles. The largest absolute Gasteiger partial charge is 0.460 e. The van der Waals surface area contributed by atoms with Gasteiger partial charge in [-0.2, -0.15) is 0 Å². The summed E-state index contributed by atoms with van der Waals surface area (Å²) < 4.78 is 25.6. The summed E-state index contributed by atoms with van der Waals surface area (Å²) in [6, 6.07) is 19.3. The molecular formula is C52H80O6. The molecule has 0 amide bonds. The molecule has 1 saturated carbocycles. The summed E-state index contributed by atoms with van der Waals surface area (Å²) in [6.45, 7) is 12.2. The Balaban J connectivity index is 1.49. The number of unbranched alkanes of at least 4 members (excludes halogenated alkanes) is 16. The Kier molecular flexibility index (Phi) is 22.8. The summed E-state index contributed by atoms with van der Waals surface area (Å²) in [5, 5.41) is 0. The Morgan fingerprint density at radius 2 is 1.22 bits per heavy atom. The lowest BCUT2D eigenvalue weighted by atomic mass is 9.85. The van der Waals surface area contributed by atoms with Crippen LogP contribution in [0.1, 0.15) is 192 Å². The Bertz CT molecular complexity index is 1360. The van der Waals surface area contributed by atoms with Crippen LogP contribution in [0.15, 0.2) is 72.8 Å². The lowest BCUT2D eigenvalue weighted by Crippen LogP contribution is -2.47. The predicted molar refractivity (Wildman–Crippen MR) is 237 cm³/mol. The fraction of sp³-hybridized carbons (Fsp3) is 0.692. The van der Waals surface area contributed by atoms with E-state index in [9.17, 15) is 4.79 Å². The predicted octanol–water partition coefficient (Wildman–Crippen LogP) is 14.0.